The number of phenolic OH excluding ortho intramolecular Hbond substituents is 2. The Bertz CT molecular complexity index is 617. The van der Waals surface area contributed by atoms with Crippen LogP contribution in [-0.2, 0) is 6.54 Å². The Morgan fingerprint density at radius 3 is 2.19 bits per heavy atom. The molecule has 2 rings (SSSR count). The number of nitrogens with zero attached hydrogens (tertiary/aromatic N) is 1. The van der Waals surface area contributed by atoms with E-state index in [0.29, 0.717) is 6.54 Å². The molecule has 1 amide bonds. The predicted octanol–water partition coefficient (Wildman–Crippen LogP) is 2.38. The number of rotatable bonds is 4. The molecular formula is C16H17NO4. The van der Waals surface area contributed by atoms with Crippen LogP contribution in [0.2, 0.25) is 0 Å². The van der Waals surface area contributed by atoms with Crippen molar-refractivity contribution in [3.05, 3.63) is 53.6 Å². The maximum Gasteiger partial charge on any atom is 0.254 e. The lowest BCUT2D eigenvalue weighted by atomic mass is 10.1. The van der Waals surface area contributed by atoms with E-state index >= 15 is 0 Å². The van der Waals surface area contributed by atoms with E-state index in [-0.39, 0.29) is 23.0 Å². The Labute approximate surface area is 123 Å². The third kappa shape index (κ3) is 3.66. The van der Waals surface area contributed by atoms with Gasteiger partial charge in [-0.3, -0.25) is 4.79 Å². The van der Waals surface area contributed by atoms with Crippen LogP contribution in [0.4, 0.5) is 0 Å². The summed E-state index contributed by atoms with van der Waals surface area (Å²) in [5.74, 6) is 0.190. The van der Waals surface area contributed by atoms with Gasteiger partial charge in [0.1, 0.15) is 17.2 Å². The fourth-order valence-corrected chi connectivity index (χ4v) is 2.02. The molecule has 0 atom stereocenters. The molecule has 0 saturated carbocycles. The SMILES string of the molecule is COc1ccc(CN(C)C(=O)c2cc(O)cc(O)c2)cc1. The average molecular weight is 287 g/mol. The van der Waals surface area contributed by atoms with E-state index in [9.17, 15) is 15.0 Å². The van der Waals surface area contributed by atoms with Crippen molar-refractivity contribution in [2.24, 2.45) is 0 Å². The maximum atomic E-state index is 12.3. The number of hydrogen-bond acceptors (Lipinski definition) is 4. The van der Waals surface area contributed by atoms with Gasteiger partial charge < -0.3 is 19.8 Å². The topological polar surface area (TPSA) is 70.0 Å². The van der Waals surface area contributed by atoms with Crippen molar-refractivity contribution in [3.63, 3.8) is 0 Å². The van der Waals surface area contributed by atoms with Crippen molar-refractivity contribution < 1.29 is 19.7 Å². The molecular weight excluding hydrogens is 270 g/mol. The molecule has 0 heterocycles. The molecule has 2 aromatic rings. The highest BCUT2D eigenvalue weighted by Crippen LogP contribution is 2.22. The van der Waals surface area contributed by atoms with Crippen LogP contribution >= 0.6 is 0 Å². The first-order valence-electron chi connectivity index (χ1n) is 6.41. The minimum atomic E-state index is -0.281. The van der Waals surface area contributed by atoms with Crippen LogP contribution in [0.1, 0.15) is 15.9 Å². The zero-order valence-corrected chi connectivity index (χ0v) is 11.9. The molecule has 2 aromatic carbocycles. The summed E-state index contributed by atoms with van der Waals surface area (Å²) in [4.78, 5) is 13.8. The highest BCUT2D eigenvalue weighted by Gasteiger charge is 2.14. The summed E-state index contributed by atoms with van der Waals surface area (Å²) in [6, 6.07) is 11.2. The fraction of sp³-hybridized carbons (Fsp3) is 0.188. The molecule has 21 heavy (non-hydrogen) atoms. The highest BCUT2D eigenvalue weighted by atomic mass is 16.5. The lowest BCUT2D eigenvalue weighted by Gasteiger charge is -2.18. The first-order chi connectivity index (χ1) is 9.99. The Morgan fingerprint density at radius 1 is 1.10 bits per heavy atom. The van der Waals surface area contributed by atoms with Gasteiger partial charge in [0.25, 0.3) is 5.91 Å². The molecule has 5 heteroatoms. The maximum absolute atomic E-state index is 12.3. The van der Waals surface area contributed by atoms with Gasteiger partial charge in [0.05, 0.1) is 7.11 Å². The van der Waals surface area contributed by atoms with Gasteiger partial charge in [-0.15, -0.1) is 0 Å². The molecule has 0 aliphatic heterocycles. The number of phenols is 2. The standard InChI is InChI=1S/C16H17NO4/c1-17(10-11-3-5-15(21-2)6-4-11)16(20)12-7-13(18)9-14(19)8-12/h3-9,18-19H,10H2,1-2H3. The Kier molecular flexibility index (Phi) is 4.33. The van der Waals surface area contributed by atoms with Crippen LogP contribution in [0.15, 0.2) is 42.5 Å². The van der Waals surface area contributed by atoms with Gasteiger partial charge in [-0.05, 0) is 29.8 Å². The summed E-state index contributed by atoms with van der Waals surface area (Å²) in [5.41, 5.74) is 1.19. The van der Waals surface area contributed by atoms with Gasteiger partial charge >= 0.3 is 0 Å². The van der Waals surface area contributed by atoms with Crippen LogP contribution < -0.4 is 4.74 Å². The molecule has 0 aromatic heterocycles. The first kappa shape index (κ1) is 14.7. The largest absolute Gasteiger partial charge is 0.508 e. The van der Waals surface area contributed by atoms with E-state index in [2.05, 4.69) is 0 Å². The minimum absolute atomic E-state index is 0.142. The molecule has 0 bridgehead atoms. The van der Waals surface area contributed by atoms with E-state index < -0.39 is 0 Å². The van der Waals surface area contributed by atoms with Crippen molar-refractivity contribution in [3.8, 4) is 17.2 Å². The number of hydrogen-bond donors (Lipinski definition) is 2. The Morgan fingerprint density at radius 2 is 1.67 bits per heavy atom. The van der Waals surface area contributed by atoms with Crippen molar-refractivity contribution in [1.82, 2.24) is 4.90 Å². The van der Waals surface area contributed by atoms with Gasteiger partial charge in [0.2, 0.25) is 0 Å². The van der Waals surface area contributed by atoms with Gasteiger partial charge in [-0.25, -0.2) is 0 Å². The number of carbonyl (C=O) groups is 1. The van der Waals surface area contributed by atoms with Crippen molar-refractivity contribution in [2.45, 2.75) is 6.54 Å². The molecule has 110 valence electrons. The molecule has 0 unspecified atom stereocenters. The summed E-state index contributed by atoms with van der Waals surface area (Å²) < 4.78 is 5.08. The molecule has 0 radical (unpaired) electrons. The smallest absolute Gasteiger partial charge is 0.254 e. The normalized spacial score (nSPS) is 10.2. The third-order valence-corrected chi connectivity index (χ3v) is 3.07. The van der Waals surface area contributed by atoms with Gasteiger partial charge in [-0.1, -0.05) is 12.1 Å². The zero-order valence-electron chi connectivity index (χ0n) is 11.9. The third-order valence-electron chi connectivity index (χ3n) is 3.07. The van der Waals surface area contributed by atoms with E-state index in [1.165, 1.54) is 23.1 Å². The van der Waals surface area contributed by atoms with Crippen molar-refractivity contribution in [1.29, 1.82) is 0 Å². The second-order valence-corrected chi connectivity index (χ2v) is 4.75. The highest BCUT2D eigenvalue weighted by molar-refractivity contribution is 5.94. The van der Waals surface area contributed by atoms with Crippen LogP contribution in [0.25, 0.3) is 0 Å². The lowest BCUT2D eigenvalue weighted by Crippen LogP contribution is -2.26. The first-order valence-corrected chi connectivity index (χ1v) is 6.41. The summed E-state index contributed by atoms with van der Waals surface area (Å²) >= 11 is 0. The van der Waals surface area contributed by atoms with Crippen LogP contribution in [0.3, 0.4) is 0 Å². The number of methoxy groups -OCH3 is 1. The Balaban J connectivity index is 2.11. The van der Waals surface area contributed by atoms with E-state index in [1.54, 1.807) is 14.2 Å². The van der Waals surface area contributed by atoms with Gasteiger partial charge in [0.15, 0.2) is 0 Å². The zero-order chi connectivity index (χ0) is 15.4. The molecule has 0 saturated heterocycles. The average Bonchev–Trinajstić information content (AvgIpc) is 2.46. The summed E-state index contributed by atoms with van der Waals surface area (Å²) in [6.07, 6.45) is 0. The molecule has 0 aliphatic rings. The number of amides is 1. The van der Waals surface area contributed by atoms with E-state index in [4.69, 9.17) is 4.74 Å². The van der Waals surface area contributed by atoms with Gasteiger partial charge in [0, 0.05) is 25.2 Å². The summed E-state index contributed by atoms with van der Waals surface area (Å²) in [7, 11) is 3.26. The van der Waals surface area contributed by atoms with Crippen molar-refractivity contribution >= 4 is 5.91 Å². The number of ether oxygens (including phenoxy) is 1. The lowest BCUT2D eigenvalue weighted by molar-refractivity contribution is 0.0784. The van der Waals surface area contributed by atoms with E-state index in [0.717, 1.165) is 11.3 Å². The predicted molar refractivity (Wildman–Crippen MR) is 78.6 cm³/mol. The Hall–Kier alpha value is -2.69. The summed E-state index contributed by atoms with van der Waals surface area (Å²) in [5, 5.41) is 18.9. The molecule has 0 fully saturated rings. The minimum Gasteiger partial charge on any atom is -0.508 e. The molecule has 5 nitrogen and oxygen atoms in total. The quantitative estimate of drug-likeness (QED) is 0.905. The second kappa shape index (κ2) is 6.17. The van der Waals surface area contributed by atoms with Crippen LogP contribution in [-0.4, -0.2) is 35.2 Å². The van der Waals surface area contributed by atoms with E-state index in [1.807, 2.05) is 24.3 Å². The van der Waals surface area contributed by atoms with Gasteiger partial charge in [-0.2, -0.15) is 0 Å². The monoisotopic (exact) mass is 287 g/mol. The summed E-state index contributed by atoms with van der Waals surface area (Å²) in [6.45, 7) is 0.416. The second-order valence-electron chi connectivity index (χ2n) is 4.75. The molecule has 0 spiro atoms. The molecule has 0 aliphatic carbocycles. The number of aromatic hydroxyl groups is 2. The van der Waals surface area contributed by atoms with Crippen LogP contribution in [0, 0.1) is 0 Å². The molecule has 2 N–H and O–H groups in total. The van der Waals surface area contributed by atoms with Crippen molar-refractivity contribution in [2.75, 3.05) is 14.2 Å². The number of benzene rings is 2. The van der Waals surface area contributed by atoms with Crippen LogP contribution in [0.5, 0.6) is 17.2 Å². The number of carbonyl (C=O) groups excluding carboxylic acids is 1. The fourth-order valence-electron chi connectivity index (χ4n) is 2.02.